The summed E-state index contributed by atoms with van der Waals surface area (Å²) in [7, 11) is 0. The number of nitrogens with zero attached hydrogens (tertiary/aromatic N) is 3. The Hall–Kier alpha value is -2.34. The van der Waals surface area contributed by atoms with E-state index in [4.69, 9.17) is 0 Å². The van der Waals surface area contributed by atoms with Crippen LogP contribution in [-0.4, -0.2) is 33.6 Å². The number of carbonyl (C=O) groups is 1. The van der Waals surface area contributed by atoms with Crippen LogP contribution < -0.4 is 0 Å². The van der Waals surface area contributed by atoms with Gasteiger partial charge >= 0.3 is 0 Å². The number of amidine groups is 1. The summed E-state index contributed by atoms with van der Waals surface area (Å²) in [6.45, 7) is 9.64. The van der Waals surface area contributed by atoms with E-state index in [-0.39, 0.29) is 11.7 Å². The summed E-state index contributed by atoms with van der Waals surface area (Å²) in [5, 5.41) is 0.761. The van der Waals surface area contributed by atoms with Crippen molar-refractivity contribution in [2.45, 2.75) is 34.2 Å². The molecule has 0 saturated carbocycles. The molecule has 27 heavy (non-hydrogen) atoms. The van der Waals surface area contributed by atoms with E-state index in [1.165, 1.54) is 17.8 Å². The van der Waals surface area contributed by atoms with Gasteiger partial charge in [0, 0.05) is 30.0 Å². The smallest absolute Gasteiger partial charge is 0.266 e. The van der Waals surface area contributed by atoms with Gasteiger partial charge in [0.2, 0.25) is 0 Å². The van der Waals surface area contributed by atoms with E-state index in [1.807, 2.05) is 45.9 Å². The molecule has 1 aromatic carbocycles. The lowest BCUT2D eigenvalue weighted by atomic mass is 10.2. The van der Waals surface area contributed by atoms with Crippen LogP contribution >= 0.6 is 11.8 Å². The van der Waals surface area contributed by atoms with Gasteiger partial charge in [-0.05, 0) is 63.2 Å². The first-order valence-corrected chi connectivity index (χ1v) is 9.93. The SMILES string of the molecule is CCN=C1S/C(=C\c2cc(C)n(Cc3ccccc3F)c2C)C(=O)N1CC. The molecule has 2 heterocycles. The molecule has 0 aliphatic carbocycles. The van der Waals surface area contributed by atoms with Crippen molar-refractivity contribution in [2.24, 2.45) is 4.99 Å². The lowest BCUT2D eigenvalue weighted by Gasteiger charge is -2.11. The Bertz CT molecular complexity index is 930. The highest BCUT2D eigenvalue weighted by molar-refractivity contribution is 8.18. The van der Waals surface area contributed by atoms with Gasteiger partial charge in [0.25, 0.3) is 5.91 Å². The lowest BCUT2D eigenvalue weighted by Crippen LogP contribution is -2.28. The number of benzene rings is 1. The highest BCUT2D eigenvalue weighted by atomic mass is 32.2. The van der Waals surface area contributed by atoms with Gasteiger partial charge in [-0.3, -0.25) is 14.7 Å². The second-order valence-corrected chi connectivity index (χ2v) is 7.43. The molecule has 0 radical (unpaired) electrons. The fourth-order valence-electron chi connectivity index (χ4n) is 3.20. The molecule has 0 atom stereocenters. The molecule has 2 aromatic rings. The molecule has 1 aliphatic rings. The largest absolute Gasteiger partial charge is 0.344 e. The number of carbonyl (C=O) groups excluding carboxylic acids is 1. The standard InChI is InChI=1S/C21H24FN3OS/c1-5-23-21-24(6-2)20(26)19(27-21)12-17-11-14(3)25(15(17)4)13-16-9-7-8-10-18(16)22/h7-12H,5-6,13H2,1-4H3/b19-12-,23-21?. The van der Waals surface area contributed by atoms with Crippen LogP contribution in [0.1, 0.15) is 36.4 Å². The van der Waals surface area contributed by atoms with E-state index in [0.29, 0.717) is 30.1 Å². The Morgan fingerprint density at radius 3 is 2.63 bits per heavy atom. The van der Waals surface area contributed by atoms with E-state index in [9.17, 15) is 9.18 Å². The number of likely N-dealkylation sites (N-methyl/N-ethyl adjacent to an activating group) is 1. The number of thioether (sulfide) groups is 1. The minimum absolute atomic E-state index is 0.00592. The first-order valence-electron chi connectivity index (χ1n) is 9.12. The zero-order valence-electron chi connectivity index (χ0n) is 16.1. The third-order valence-electron chi connectivity index (χ3n) is 4.68. The second-order valence-electron chi connectivity index (χ2n) is 6.42. The average Bonchev–Trinajstić information content (AvgIpc) is 3.08. The Labute approximate surface area is 163 Å². The fourth-order valence-corrected chi connectivity index (χ4v) is 4.29. The molecule has 0 N–H and O–H groups in total. The molecule has 4 nitrogen and oxygen atoms in total. The predicted molar refractivity (Wildman–Crippen MR) is 110 cm³/mol. The summed E-state index contributed by atoms with van der Waals surface area (Å²) in [5.74, 6) is -0.209. The van der Waals surface area contributed by atoms with Gasteiger partial charge < -0.3 is 4.57 Å². The van der Waals surface area contributed by atoms with Gasteiger partial charge in [0.15, 0.2) is 5.17 Å². The summed E-state index contributed by atoms with van der Waals surface area (Å²) in [4.78, 5) is 19.5. The first kappa shape index (κ1) is 19.4. The highest BCUT2D eigenvalue weighted by Gasteiger charge is 2.32. The van der Waals surface area contributed by atoms with Crippen molar-refractivity contribution in [3.63, 3.8) is 0 Å². The van der Waals surface area contributed by atoms with Crippen LogP contribution in [0, 0.1) is 19.7 Å². The second kappa shape index (κ2) is 8.13. The predicted octanol–water partition coefficient (Wildman–Crippen LogP) is 4.60. The van der Waals surface area contributed by atoms with E-state index in [0.717, 1.165) is 22.1 Å². The van der Waals surface area contributed by atoms with Crippen molar-refractivity contribution in [3.05, 3.63) is 63.6 Å². The fraction of sp³-hybridized carbons (Fsp3) is 0.333. The number of rotatable bonds is 5. The lowest BCUT2D eigenvalue weighted by molar-refractivity contribution is -0.122. The summed E-state index contributed by atoms with van der Waals surface area (Å²) >= 11 is 1.42. The number of halogens is 1. The molecular formula is C21H24FN3OS. The maximum Gasteiger partial charge on any atom is 0.266 e. The van der Waals surface area contributed by atoms with Crippen LogP contribution in [0.5, 0.6) is 0 Å². The number of hydrogen-bond donors (Lipinski definition) is 0. The van der Waals surface area contributed by atoms with Crippen molar-refractivity contribution in [1.82, 2.24) is 9.47 Å². The zero-order chi connectivity index (χ0) is 19.6. The Kier molecular flexibility index (Phi) is 5.85. The minimum Gasteiger partial charge on any atom is -0.344 e. The van der Waals surface area contributed by atoms with Crippen molar-refractivity contribution in [2.75, 3.05) is 13.1 Å². The van der Waals surface area contributed by atoms with Crippen LogP contribution in [0.4, 0.5) is 4.39 Å². The number of aryl methyl sites for hydroxylation is 1. The van der Waals surface area contributed by atoms with Crippen molar-refractivity contribution >= 4 is 28.9 Å². The number of aliphatic imine (C=N–C) groups is 1. The summed E-state index contributed by atoms with van der Waals surface area (Å²) in [6.07, 6.45) is 1.92. The molecule has 1 aromatic heterocycles. The molecule has 1 saturated heterocycles. The third kappa shape index (κ3) is 3.86. The van der Waals surface area contributed by atoms with Gasteiger partial charge in [-0.1, -0.05) is 18.2 Å². The maximum absolute atomic E-state index is 14.0. The molecule has 1 aliphatic heterocycles. The first-order chi connectivity index (χ1) is 13.0. The van der Waals surface area contributed by atoms with E-state index < -0.39 is 0 Å². The van der Waals surface area contributed by atoms with E-state index >= 15 is 0 Å². The minimum atomic E-state index is -0.203. The molecule has 1 amide bonds. The maximum atomic E-state index is 14.0. The quantitative estimate of drug-likeness (QED) is 0.705. The van der Waals surface area contributed by atoms with Gasteiger partial charge in [-0.25, -0.2) is 4.39 Å². The Balaban J connectivity index is 1.93. The molecular weight excluding hydrogens is 361 g/mol. The van der Waals surface area contributed by atoms with Crippen molar-refractivity contribution in [1.29, 1.82) is 0 Å². The van der Waals surface area contributed by atoms with Crippen LogP contribution in [-0.2, 0) is 11.3 Å². The van der Waals surface area contributed by atoms with Crippen LogP contribution in [0.15, 0.2) is 40.2 Å². The van der Waals surface area contributed by atoms with Gasteiger partial charge in [0.05, 0.1) is 11.4 Å². The summed E-state index contributed by atoms with van der Waals surface area (Å²) in [6, 6.07) is 8.87. The van der Waals surface area contributed by atoms with Crippen molar-refractivity contribution < 1.29 is 9.18 Å². The molecule has 0 bridgehead atoms. The average molecular weight is 386 g/mol. The summed E-state index contributed by atoms with van der Waals surface area (Å²) in [5.41, 5.74) is 3.68. The molecule has 3 rings (SSSR count). The van der Waals surface area contributed by atoms with E-state index in [1.54, 1.807) is 17.0 Å². The summed E-state index contributed by atoms with van der Waals surface area (Å²) < 4.78 is 16.1. The molecule has 0 unspecified atom stereocenters. The number of hydrogen-bond acceptors (Lipinski definition) is 3. The number of aromatic nitrogens is 1. The molecule has 142 valence electrons. The van der Waals surface area contributed by atoms with Gasteiger partial charge in [0.1, 0.15) is 5.82 Å². The zero-order valence-corrected chi connectivity index (χ0v) is 16.9. The Morgan fingerprint density at radius 2 is 1.96 bits per heavy atom. The monoisotopic (exact) mass is 385 g/mol. The Morgan fingerprint density at radius 1 is 1.22 bits per heavy atom. The van der Waals surface area contributed by atoms with E-state index in [2.05, 4.69) is 9.56 Å². The highest BCUT2D eigenvalue weighted by Crippen LogP contribution is 2.33. The molecule has 6 heteroatoms. The van der Waals surface area contributed by atoms with Gasteiger partial charge in [-0.15, -0.1) is 0 Å². The number of amides is 1. The van der Waals surface area contributed by atoms with Crippen LogP contribution in [0.2, 0.25) is 0 Å². The molecule has 0 spiro atoms. The van der Waals surface area contributed by atoms with Crippen LogP contribution in [0.25, 0.3) is 6.08 Å². The topological polar surface area (TPSA) is 37.6 Å². The normalized spacial score (nSPS) is 17.5. The molecule has 1 fully saturated rings. The van der Waals surface area contributed by atoms with Crippen molar-refractivity contribution in [3.8, 4) is 0 Å². The van der Waals surface area contributed by atoms with Gasteiger partial charge in [-0.2, -0.15) is 0 Å². The third-order valence-corrected chi connectivity index (χ3v) is 5.73. The van der Waals surface area contributed by atoms with Crippen LogP contribution in [0.3, 0.4) is 0 Å².